The minimum Gasteiger partial charge on any atom is -0.300 e. The second-order valence-corrected chi connectivity index (χ2v) is 9.94. The van der Waals surface area contributed by atoms with Crippen LogP contribution in [0.15, 0.2) is 59.5 Å². The molecule has 0 aliphatic heterocycles. The Morgan fingerprint density at radius 2 is 1.77 bits per heavy atom. The molecule has 2 aromatic carbocycles. The van der Waals surface area contributed by atoms with E-state index >= 15 is 0 Å². The number of anilines is 1. The van der Waals surface area contributed by atoms with E-state index in [2.05, 4.69) is 32.4 Å². The molecule has 0 unspecified atom stereocenters. The van der Waals surface area contributed by atoms with Crippen LogP contribution in [-0.4, -0.2) is 31.1 Å². The molecule has 0 bridgehead atoms. The van der Waals surface area contributed by atoms with Crippen molar-refractivity contribution in [3.8, 4) is 0 Å². The molecule has 0 atom stereocenters. The van der Waals surface area contributed by atoms with Crippen molar-refractivity contribution in [2.24, 2.45) is 0 Å². The average molecular weight is 467 g/mol. The molecule has 158 valence electrons. The van der Waals surface area contributed by atoms with Crippen molar-refractivity contribution in [3.63, 3.8) is 0 Å². The van der Waals surface area contributed by atoms with E-state index in [1.165, 1.54) is 16.9 Å². The molecule has 11 heteroatoms. The van der Waals surface area contributed by atoms with Crippen molar-refractivity contribution in [1.29, 1.82) is 0 Å². The first-order chi connectivity index (χ1) is 14.4. The summed E-state index contributed by atoms with van der Waals surface area (Å²) in [6.07, 6.45) is -0.0713. The summed E-state index contributed by atoms with van der Waals surface area (Å²) in [5.41, 5.74) is 1.23. The maximum absolute atomic E-state index is 12.9. The van der Waals surface area contributed by atoms with E-state index in [-0.39, 0.29) is 23.8 Å². The highest BCUT2D eigenvalue weighted by Gasteiger charge is 2.15. The van der Waals surface area contributed by atoms with Gasteiger partial charge in [-0.25, -0.2) is 17.5 Å². The predicted molar refractivity (Wildman–Crippen MR) is 116 cm³/mol. The Hall–Kier alpha value is -2.34. The van der Waals surface area contributed by atoms with E-state index in [0.29, 0.717) is 10.9 Å². The fourth-order valence-corrected chi connectivity index (χ4v) is 5.20. The van der Waals surface area contributed by atoms with Crippen LogP contribution in [0.1, 0.15) is 17.0 Å². The molecule has 2 N–H and O–H groups in total. The molecule has 1 aromatic heterocycles. The van der Waals surface area contributed by atoms with Gasteiger partial charge in [-0.05, 0) is 29.8 Å². The van der Waals surface area contributed by atoms with Crippen molar-refractivity contribution in [2.75, 3.05) is 11.9 Å². The van der Waals surface area contributed by atoms with Gasteiger partial charge in [0.15, 0.2) is 0 Å². The third-order valence-electron chi connectivity index (χ3n) is 3.82. The van der Waals surface area contributed by atoms with Gasteiger partial charge in [0, 0.05) is 24.5 Å². The third-order valence-corrected chi connectivity index (χ3v) is 7.33. The van der Waals surface area contributed by atoms with E-state index in [4.69, 9.17) is 0 Å². The first-order valence-corrected chi connectivity index (χ1v) is 12.4. The van der Waals surface area contributed by atoms with E-state index in [9.17, 15) is 17.6 Å². The Balaban J connectivity index is 1.40. The van der Waals surface area contributed by atoms with E-state index in [1.807, 2.05) is 18.2 Å². The molecule has 3 aromatic rings. The minimum absolute atomic E-state index is 0.0638. The minimum atomic E-state index is -3.80. The largest absolute Gasteiger partial charge is 0.300 e. The first kappa shape index (κ1) is 22.3. The summed E-state index contributed by atoms with van der Waals surface area (Å²) >= 11 is 2.99. The van der Waals surface area contributed by atoms with Crippen LogP contribution in [-0.2, 0) is 26.3 Å². The van der Waals surface area contributed by atoms with Crippen LogP contribution >= 0.6 is 23.1 Å². The Morgan fingerprint density at radius 1 is 1.03 bits per heavy atom. The Kier molecular flexibility index (Phi) is 7.91. The zero-order valence-corrected chi connectivity index (χ0v) is 18.2. The number of hydrogen-bond acceptors (Lipinski definition) is 7. The molecule has 3 rings (SSSR count). The number of carbonyl (C=O) groups excluding carboxylic acids is 1. The van der Waals surface area contributed by atoms with Gasteiger partial charge in [0.05, 0.1) is 4.90 Å². The second-order valence-electron chi connectivity index (χ2n) is 6.13. The van der Waals surface area contributed by atoms with Gasteiger partial charge in [-0.15, -0.1) is 22.0 Å². The fourth-order valence-electron chi connectivity index (χ4n) is 2.37. The van der Waals surface area contributed by atoms with Crippen LogP contribution in [0.3, 0.4) is 0 Å². The SMILES string of the molecule is O=C(CCNS(=O)(=O)c1ccc(F)cc1)Nc1nnc(CSCc2ccccc2)s1. The van der Waals surface area contributed by atoms with Crippen molar-refractivity contribution < 1.29 is 17.6 Å². The number of amides is 1. The van der Waals surface area contributed by atoms with Crippen molar-refractivity contribution >= 4 is 44.2 Å². The van der Waals surface area contributed by atoms with Gasteiger partial charge in [-0.1, -0.05) is 41.7 Å². The van der Waals surface area contributed by atoms with Crippen LogP contribution in [0.5, 0.6) is 0 Å². The van der Waals surface area contributed by atoms with E-state index in [0.717, 1.165) is 35.0 Å². The number of halogens is 1. The van der Waals surface area contributed by atoms with E-state index < -0.39 is 15.8 Å². The highest BCUT2D eigenvalue weighted by molar-refractivity contribution is 7.97. The number of sulfonamides is 1. The zero-order valence-electron chi connectivity index (χ0n) is 15.7. The number of nitrogens with zero attached hydrogens (tertiary/aromatic N) is 2. The Bertz CT molecular complexity index is 1070. The normalized spacial score (nSPS) is 11.4. The van der Waals surface area contributed by atoms with Gasteiger partial charge >= 0.3 is 0 Å². The molecular weight excluding hydrogens is 447 g/mol. The monoisotopic (exact) mass is 466 g/mol. The molecule has 1 amide bonds. The third kappa shape index (κ3) is 6.87. The lowest BCUT2D eigenvalue weighted by atomic mass is 10.2. The second kappa shape index (κ2) is 10.6. The number of rotatable bonds is 10. The number of thioether (sulfide) groups is 1. The molecule has 0 fully saturated rings. The van der Waals surface area contributed by atoms with Gasteiger partial charge in [0.1, 0.15) is 10.8 Å². The standard InChI is InChI=1S/C19H19FN4O3S3/c20-15-6-8-16(9-7-15)30(26,27)21-11-10-17(25)22-19-24-23-18(29-19)13-28-12-14-4-2-1-3-5-14/h1-9,21H,10-13H2,(H,22,24,25). The van der Waals surface area contributed by atoms with Crippen LogP contribution < -0.4 is 10.0 Å². The quantitative estimate of drug-likeness (QED) is 0.475. The van der Waals surface area contributed by atoms with Crippen LogP contribution in [0, 0.1) is 5.82 Å². The van der Waals surface area contributed by atoms with E-state index in [1.54, 1.807) is 11.8 Å². The topological polar surface area (TPSA) is 101 Å². The summed E-state index contributed by atoms with van der Waals surface area (Å²) in [6, 6.07) is 14.5. The molecule has 7 nitrogen and oxygen atoms in total. The van der Waals surface area contributed by atoms with Gasteiger partial charge in [-0.2, -0.15) is 0 Å². The summed E-state index contributed by atoms with van der Waals surface area (Å²) in [5.74, 6) is 0.635. The predicted octanol–water partition coefficient (Wildman–Crippen LogP) is 3.42. The lowest BCUT2D eigenvalue weighted by molar-refractivity contribution is -0.116. The fraction of sp³-hybridized carbons (Fsp3) is 0.211. The maximum Gasteiger partial charge on any atom is 0.240 e. The number of carbonyl (C=O) groups is 1. The number of aromatic nitrogens is 2. The van der Waals surface area contributed by atoms with Crippen molar-refractivity contribution in [3.05, 3.63) is 71.0 Å². The van der Waals surface area contributed by atoms with Gasteiger partial charge < -0.3 is 5.32 Å². The van der Waals surface area contributed by atoms with Crippen LogP contribution in [0.25, 0.3) is 0 Å². The lowest BCUT2D eigenvalue weighted by Gasteiger charge is -2.06. The average Bonchev–Trinajstić information content (AvgIpc) is 3.16. The molecule has 0 spiro atoms. The number of benzene rings is 2. The molecule has 0 aliphatic carbocycles. The number of nitrogens with one attached hydrogen (secondary N) is 2. The molecule has 0 saturated carbocycles. The molecule has 0 aliphatic rings. The van der Waals surface area contributed by atoms with Crippen molar-refractivity contribution in [2.45, 2.75) is 22.8 Å². The van der Waals surface area contributed by atoms with Gasteiger partial charge in [0.2, 0.25) is 21.1 Å². The Morgan fingerprint density at radius 3 is 2.50 bits per heavy atom. The maximum atomic E-state index is 12.9. The molecule has 30 heavy (non-hydrogen) atoms. The first-order valence-electron chi connectivity index (χ1n) is 8.91. The highest BCUT2D eigenvalue weighted by atomic mass is 32.2. The molecule has 0 saturated heterocycles. The molecule has 0 radical (unpaired) electrons. The summed E-state index contributed by atoms with van der Waals surface area (Å²) < 4.78 is 39.4. The van der Waals surface area contributed by atoms with Gasteiger partial charge in [0.25, 0.3) is 0 Å². The zero-order chi connectivity index (χ0) is 21.4. The Labute approximate surface area is 182 Å². The van der Waals surface area contributed by atoms with Crippen LogP contribution in [0.4, 0.5) is 9.52 Å². The molecule has 1 heterocycles. The highest BCUT2D eigenvalue weighted by Crippen LogP contribution is 2.22. The molecular formula is C19H19FN4O3S3. The smallest absolute Gasteiger partial charge is 0.240 e. The summed E-state index contributed by atoms with van der Waals surface area (Å²) in [5, 5.41) is 11.8. The van der Waals surface area contributed by atoms with Crippen LogP contribution in [0.2, 0.25) is 0 Å². The van der Waals surface area contributed by atoms with Gasteiger partial charge in [-0.3, -0.25) is 4.79 Å². The number of hydrogen-bond donors (Lipinski definition) is 2. The summed E-state index contributed by atoms with van der Waals surface area (Å²) in [7, 11) is -3.80. The summed E-state index contributed by atoms with van der Waals surface area (Å²) in [6.45, 7) is -0.0931. The summed E-state index contributed by atoms with van der Waals surface area (Å²) in [4.78, 5) is 12.0. The van der Waals surface area contributed by atoms with Crippen molar-refractivity contribution in [1.82, 2.24) is 14.9 Å². The lowest BCUT2D eigenvalue weighted by Crippen LogP contribution is -2.27.